The maximum atomic E-state index is 12.9. The van der Waals surface area contributed by atoms with Crippen LogP contribution in [0.4, 0.5) is 16.0 Å². The number of benzene rings is 1. The van der Waals surface area contributed by atoms with Crippen LogP contribution in [0.3, 0.4) is 0 Å². The average Bonchev–Trinajstić information content (AvgIpc) is 2.64. The molecule has 0 aliphatic rings. The van der Waals surface area contributed by atoms with Gasteiger partial charge in [0.1, 0.15) is 11.5 Å². The van der Waals surface area contributed by atoms with E-state index in [1.165, 1.54) is 12.1 Å². The molecule has 0 spiro atoms. The molecule has 0 aliphatic heterocycles. The van der Waals surface area contributed by atoms with Crippen molar-refractivity contribution >= 4 is 11.6 Å². The normalized spacial score (nSPS) is 10.3. The molecule has 0 saturated heterocycles. The molecule has 2 N–H and O–H groups in total. The molecule has 0 fully saturated rings. The van der Waals surface area contributed by atoms with Gasteiger partial charge in [-0.2, -0.15) is 0 Å². The van der Waals surface area contributed by atoms with E-state index in [4.69, 9.17) is 5.73 Å². The van der Waals surface area contributed by atoms with Crippen molar-refractivity contribution in [1.82, 2.24) is 5.16 Å². The first-order chi connectivity index (χ1) is 7.58. The minimum Gasteiger partial charge on any atom is -0.368 e. The van der Waals surface area contributed by atoms with Gasteiger partial charge in [-0.15, -0.1) is 0 Å². The van der Waals surface area contributed by atoms with Gasteiger partial charge in [0.25, 0.3) is 5.69 Å². The van der Waals surface area contributed by atoms with Crippen molar-refractivity contribution in [1.29, 1.82) is 0 Å². The maximum absolute atomic E-state index is 12.9. The summed E-state index contributed by atoms with van der Waals surface area (Å²) >= 11 is 0. The Morgan fingerprint density at radius 1 is 1.44 bits per heavy atom. The molecule has 2 aromatic rings. The van der Waals surface area contributed by atoms with Crippen molar-refractivity contribution in [2.75, 3.05) is 5.73 Å². The number of halogens is 1. The number of nitro groups is 1. The van der Waals surface area contributed by atoms with E-state index >= 15 is 0 Å². The van der Waals surface area contributed by atoms with E-state index in [0.29, 0.717) is 0 Å². The highest BCUT2D eigenvalue weighted by molar-refractivity contribution is 5.71. The van der Waals surface area contributed by atoms with Gasteiger partial charge in [0.05, 0.1) is 16.6 Å². The Morgan fingerprint density at radius 2 is 2.19 bits per heavy atom. The summed E-state index contributed by atoms with van der Waals surface area (Å²) in [6.45, 7) is 0. The van der Waals surface area contributed by atoms with Crippen LogP contribution >= 0.6 is 0 Å². The topological polar surface area (TPSA) is 95.2 Å². The zero-order chi connectivity index (χ0) is 11.7. The number of hydrogen-bond acceptors (Lipinski definition) is 5. The molecule has 0 amide bonds. The van der Waals surface area contributed by atoms with Crippen LogP contribution < -0.4 is 5.73 Å². The zero-order valence-corrected chi connectivity index (χ0v) is 7.88. The molecule has 0 bridgehead atoms. The first-order valence-electron chi connectivity index (χ1n) is 4.24. The number of aromatic nitrogens is 1. The van der Waals surface area contributed by atoms with Crippen LogP contribution in [0.5, 0.6) is 0 Å². The molecule has 6 nitrogen and oxygen atoms in total. The second-order valence-corrected chi connectivity index (χ2v) is 3.03. The fraction of sp³-hybridized carbons (Fsp3) is 0. The maximum Gasteiger partial charge on any atom is 0.281 e. The molecule has 2 rings (SSSR count). The van der Waals surface area contributed by atoms with Crippen LogP contribution in [0, 0.1) is 15.9 Å². The van der Waals surface area contributed by atoms with Crippen molar-refractivity contribution in [2.24, 2.45) is 0 Å². The molecule has 0 unspecified atom stereocenters. The summed E-state index contributed by atoms with van der Waals surface area (Å²) in [6.07, 6.45) is 0. The van der Waals surface area contributed by atoms with Gasteiger partial charge in [-0.25, -0.2) is 4.39 Å². The molecule has 7 heteroatoms. The SMILES string of the molecule is Nc1cc(-c2ccc(F)cc2[N+](=O)[O-])no1. The van der Waals surface area contributed by atoms with E-state index < -0.39 is 10.7 Å². The summed E-state index contributed by atoms with van der Waals surface area (Å²) in [5.74, 6) is -0.652. The lowest BCUT2D eigenvalue weighted by molar-refractivity contribution is -0.384. The van der Waals surface area contributed by atoms with Crippen molar-refractivity contribution in [3.8, 4) is 11.3 Å². The molecule has 16 heavy (non-hydrogen) atoms. The number of hydrogen-bond donors (Lipinski definition) is 1. The van der Waals surface area contributed by atoms with Crippen LogP contribution in [0.25, 0.3) is 11.3 Å². The van der Waals surface area contributed by atoms with Gasteiger partial charge < -0.3 is 10.3 Å². The highest BCUT2D eigenvalue weighted by atomic mass is 19.1. The quantitative estimate of drug-likeness (QED) is 0.620. The second kappa shape index (κ2) is 3.61. The summed E-state index contributed by atoms with van der Waals surface area (Å²) < 4.78 is 17.5. The summed E-state index contributed by atoms with van der Waals surface area (Å²) in [7, 11) is 0. The predicted molar refractivity (Wildman–Crippen MR) is 53.0 cm³/mol. The van der Waals surface area contributed by atoms with Crippen LogP contribution in [0.2, 0.25) is 0 Å². The molecular weight excluding hydrogens is 217 g/mol. The predicted octanol–water partition coefficient (Wildman–Crippen LogP) is 1.97. The Balaban J connectivity index is 2.60. The van der Waals surface area contributed by atoms with Gasteiger partial charge in [-0.1, -0.05) is 5.16 Å². The molecule has 1 aromatic carbocycles. The monoisotopic (exact) mass is 223 g/mol. The van der Waals surface area contributed by atoms with Gasteiger partial charge >= 0.3 is 0 Å². The largest absolute Gasteiger partial charge is 0.368 e. The highest BCUT2D eigenvalue weighted by Crippen LogP contribution is 2.30. The van der Waals surface area contributed by atoms with Gasteiger partial charge in [0.2, 0.25) is 5.88 Å². The standard InChI is InChI=1S/C9H6FN3O3/c10-5-1-2-6(8(3-5)13(14)15)7-4-9(11)16-12-7/h1-4H,11H2. The average molecular weight is 223 g/mol. The number of nitrogens with two attached hydrogens (primary N) is 1. The zero-order valence-electron chi connectivity index (χ0n) is 7.88. The van der Waals surface area contributed by atoms with E-state index in [2.05, 4.69) is 9.68 Å². The Kier molecular flexibility index (Phi) is 2.28. The number of nitrogens with zero attached hydrogens (tertiary/aromatic N) is 2. The third-order valence-electron chi connectivity index (χ3n) is 1.96. The summed E-state index contributed by atoms with van der Waals surface area (Å²) in [5.41, 5.74) is 5.28. The van der Waals surface area contributed by atoms with E-state index in [1.807, 2.05) is 0 Å². The summed E-state index contributed by atoms with van der Waals surface area (Å²) in [4.78, 5) is 10.0. The third kappa shape index (κ3) is 1.70. The lowest BCUT2D eigenvalue weighted by Gasteiger charge is -1.98. The lowest BCUT2D eigenvalue weighted by Crippen LogP contribution is -1.93. The molecule has 0 saturated carbocycles. The molecule has 0 radical (unpaired) electrons. The lowest BCUT2D eigenvalue weighted by atomic mass is 10.1. The van der Waals surface area contributed by atoms with Crippen molar-refractivity contribution < 1.29 is 13.8 Å². The molecule has 1 aromatic heterocycles. The molecule has 82 valence electrons. The molecule has 1 heterocycles. The minimum atomic E-state index is -0.691. The Labute approximate surface area is 88.6 Å². The molecular formula is C9H6FN3O3. The molecule has 0 aliphatic carbocycles. The van der Waals surface area contributed by atoms with Crippen LogP contribution in [-0.4, -0.2) is 10.1 Å². The number of nitrogen functional groups attached to an aromatic ring is 1. The van der Waals surface area contributed by atoms with E-state index in [9.17, 15) is 14.5 Å². The van der Waals surface area contributed by atoms with Crippen LogP contribution in [0.1, 0.15) is 0 Å². The fourth-order valence-electron chi connectivity index (χ4n) is 1.29. The molecule has 0 atom stereocenters. The van der Waals surface area contributed by atoms with Gasteiger partial charge in [0.15, 0.2) is 0 Å². The Hall–Kier alpha value is -2.44. The Bertz CT molecular complexity index is 553. The van der Waals surface area contributed by atoms with Crippen molar-refractivity contribution in [3.63, 3.8) is 0 Å². The van der Waals surface area contributed by atoms with Gasteiger partial charge in [0, 0.05) is 6.07 Å². The summed E-state index contributed by atoms with van der Waals surface area (Å²) in [5, 5.41) is 14.2. The highest BCUT2D eigenvalue weighted by Gasteiger charge is 2.18. The first-order valence-corrected chi connectivity index (χ1v) is 4.24. The smallest absolute Gasteiger partial charge is 0.281 e. The van der Waals surface area contributed by atoms with E-state index in [0.717, 1.165) is 12.1 Å². The van der Waals surface area contributed by atoms with Crippen LogP contribution in [0.15, 0.2) is 28.8 Å². The fourth-order valence-corrected chi connectivity index (χ4v) is 1.29. The first kappa shape index (κ1) is 10.1. The van der Waals surface area contributed by atoms with Gasteiger partial charge in [-0.05, 0) is 12.1 Å². The van der Waals surface area contributed by atoms with Crippen molar-refractivity contribution in [2.45, 2.75) is 0 Å². The number of rotatable bonds is 2. The second-order valence-electron chi connectivity index (χ2n) is 3.03. The van der Waals surface area contributed by atoms with Crippen molar-refractivity contribution in [3.05, 3.63) is 40.2 Å². The number of anilines is 1. The summed E-state index contributed by atoms with van der Waals surface area (Å²) in [6, 6.07) is 4.51. The van der Waals surface area contributed by atoms with Crippen LogP contribution in [-0.2, 0) is 0 Å². The number of nitro benzene ring substituents is 1. The third-order valence-corrected chi connectivity index (χ3v) is 1.96. The van der Waals surface area contributed by atoms with Gasteiger partial charge in [-0.3, -0.25) is 10.1 Å². The van der Waals surface area contributed by atoms with E-state index in [-0.39, 0.29) is 22.8 Å². The minimum absolute atomic E-state index is 0.0358. The van der Waals surface area contributed by atoms with E-state index in [1.54, 1.807) is 0 Å². The Morgan fingerprint density at radius 3 is 2.75 bits per heavy atom.